The first-order valence-corrected chi connectivity index (χ1v) is 7.34. The van der Waals surface area contributed by atoms with Crippen molar-refractivity contribution in [2.45, 2.75) is 57.4 Å². The summed E-state index contributed by atoms with van der Waals surface area (Å²) in [5.74, 6) is 0.377. The van der Waals surface area contributed by atoms with E-state index in [1.165, 1.54) is 6.42 Å². The van der Waals surface area contributed by atoms with Crippen molar-refractivity contribution in [3.05, 3.63) is 0 Å². The van der Waals surface area contributed by atoms with E-state index in [-0.39, 0.29) is 29.9 Å². The van der Waals surface area contributed by atoms with E-state index in [9.17, 15) is 9.90 Å². The molecular formula is C14H26N2O2. The van der Waals surface area contributed by atoms with Crippen molar-refractivity contribution in [3.63, 3.8) is 0 Å². The summed E-state index contributed by atoms with van der Waals surface area (Å²) in [6, 6.07) is 0.160. The molecule has 1 amide bonds. The lowest BCUT2D eigenvalue weighted by Gasteiger charge is -2.36. The van der Waals surface area contributed by atoms with E-state index in [2.05, 4.69) is 5.32 Å². The molecule has 2 atom stereocenters. The van der Waals surface area contributed by atoms with Gasteiger partial charge in [0.25, 0.3) is 0 Å². The molecule has 0 aromatic rings. The van der Waals surface area contributed by atoms with Crippen LogP contribution in [0.25, 0.3) is 0 Å². The summed E-state index contributed by atoms with van der Waals surface area (Å²) in [7, 11) is 0. The van der Waals surface area contributed by atoms with Gasteiger partial charge in [-0.05, 0) is 25.7 Å². The van der Waals surface area contributed by atoms with Gasteiger partial charge in [0.2, 0.25) is 5.91 Å². The molecule has 2 fully saturated rings. The predicted molar refractivity (Wildman–Crippen MR) is 70.9 cm³/mol. The maximum Gasteiger partial charge on any atom is 0.227 e. The van der Waals surface area contributed by atoms with E-state index in [0.717, 1.165) is 44.9 Å². The van der Waals surface area contributed by atoms with E-state index in [1.807, 2.05) is 0 Å². The van der Waals surface area contributed by atoms with Crippen molar-refractivity contribution >= 4 is 5.91 Å². The van der Waals surface area contributed by atoms with Crippen LogP contribution in [0.15, 0.2) is 0 Å². The topological polar surface area (TPSA) is 75.4 Å². The van der Waals surface area contributed by atoms with Gasteiger partial charge in [0.1, 0.15) is 0 Å². The number of nitrogens with two attached hydrogens (primary N) is 1. The Kier molecular flexibility index (Phi) is 4.62. The number of hydrogen-bond acceptors (Lipinski definition) is 3. The predicted octanol–water partition coefficient (Wildman–Crippen LogP) is 1.17. The number of nitrogens with one attached hydrogen (secondary N) is 1. The average molecular weight is 254 g/mol. The summed E-state index contributed by atoms with van der Waals surface area (Å²) in [5.41, 5.74) is 5.54. The van der Waals surface area contributed by atoms with E-state index >= 15 is 0 Å². The van der Waals surface area contributed by atoms with Crippen LogP contribution in [0, 0.1) is 11.3 Å². The number of aliphatic hydroxyl groups excluding tert-OH is 1. The van der Waals surface area contributed by atoms with Crippen LogP contribution in [0.2, 0.25) is 0 Å². The Morgan fingerprint density at radius 1 is 1.22 bits per heavy atom. The van der Waals surface area contributed by atoms with Crippen molar-refractivity contribution < 1.29 is 9.90 Å². The molecule has 4 N–H and O–H groups in total. The zero-order chi connectivity index (χ0) is 13.0. The van der Waals surface area contributed by atoms with Crippen molar-refractivity contribution in [1.29, 1.82) is 0 Å². The van der Waals surface area contributed by atoms with Crippen LogP contribution in [0.1, 0.15) is 51.4 Å². The molecule has 0 aliphatic heterocycles. The molecule has 0 aromatic carbocycles. The van der Waals surface area contributed by atoms with Gasteiger partial charge in [0.15, 0.2) is 0 Å². The maximum absolute atomic E-state index is 12.5. The van der Waals surface area contributed by atoms with Gasteiger partial charge in [-0.3, -0.25) is 4.79 Å². The standard InChI is InChI=1S/C14H26N2O2/c15-10-14(7-2-1-3-8-14)13(18)16-12-6-4-5-11(12)9-17/h11-12,17H,1-10,15H2,(H,16,18). The highest BCUT2D eigenvalue weighted by Gasteiger charge is 2.40. The Hall–Kier alpha value is -0.610. The highest BCUT2D eigenvalue weighted by molar-refractivity contribution is 5.83. The number of aliphatic hydroxyl groups is 1. The minimum absolute atomic E-state index is 0.134. The molecule has 4 nitrogen and oxygen atoms in total. The number of hydrogen-bond donors (Lipinski definition) is 3. The van der Waals surface area contributed by atoms with Crippen LogP contribution in [0.3, 0.4) is 0 Å². The second kappa shape index (κ2) is 6.02. The molecule has 2 unspecified atom stereocenters. The highest BCUT2D eigenvalue weighted by atomic mass is 16.3. The van der Waals surface area contributed by atoms with Crippen molar-refractivity contribution in [1.82, 2.24) is 5.32 Å². The zero-order valence-corrected chi connectivity index (χ0v) is 11.2. The van der Waals surface area contributed by atoms with E-state index in [0.29, 0.717) is 6.54 Å². The third-order valence-corrected chi connectivity index (χ3v) is 4.89. The quantitative estimate of drug-likeness (QED) is 0.705. The van der Waals surface area contributed by atoms with E-state index in [1.54, 1.807) is 0 Å². The van der Waals surface area contributed by atoms with Gasteiger partial charge in [0, 0.05) is 25.1 Å². The molecule has 104 valence electrons. The Morgan fingerprint density at radius 3 is 2.56 bits per heavy atom. The van der Waals surface area contributed by atoms with Gasteiger partial charge in [-0.2, -0.15) is 0 Å². The van der Waals surface area contributed by atoms with Gasteiger partial charge in [-0.15, -0.1) is 0 Å². The van der Waals surface area contributed by atoms with Gasteiger partial charge >= 0.3 is 0 Å². The SMILES string of the molecule is NCC1(C(=O)NC2CCCC2CO)CCCCC1. The van der Waals surface area contributed by atoms with Gasteiger partial charge in [0.05, 0.1) is 5.41 Å². The number of rotatable bonds is 4. The molecule has 0 radical (unpaired) electrons. The fraction of sp³-hybridized carbons (Fsp3) is 0.929. The third-order valence-electron chi connectivity index (χ3n) is 4.89. The summed E-state index contributed by atoms with van der Waals surface area (Å²) in [4.78, 5) is 12.5. The molecule has 0 bridgehead atoms. The van der Waals surface area contributed by atoms with Crippen molar-refractivity contribution in [2.24, 2.45) is 17.1 Å². The van der Waals surface area contributed by atoms with Gasteiger partial charge in [-0.25, -0.2) is 0 Å². The second-order valence-corrected chi connectivity index (χ2v) is 6.00. The first-order valence-electron chi connectivity index (χ1n) is 7.34. The Morgan fingerprint density at radius 2 is 1.94 bits per heavy atom. The summed E-state index contributed by atoms with van der Waals surface area (Å²) < 4.78 is 0. The van der Waals surface area contributed by atoms with Crippen molar-refractivity contribution in [3.8, 4) is 0 Å². The van der Waals surface area contributed by atoms with E-state index in [4.69, 9.17) is 5.73 Å². The molecule has 0 heterocycles. The fourth-order valence-corrected chi connectivity index (χ4v) is 3.52. The average Bonchev–Trinajstić information content (AvgIpc) is 2.86. The van der Waals surface area contributed by atoms with Crippen LogP contribution in [0.4, 0.5) is 0 Å². The van der Waals surface area contributed by atoms with Crippen LogP contribution in [0.5, 0.6) is 0 Å². The first-order chi connectivity index (χ1) is 8.72. The summed E-state index contributed by atoms with van der Waals surface area (Å²) in [6.45, 7) is 0.635. The van der Waals surface area contributed by atoms with Crippen LogP contribution < -0.4 is 11.1 Å². The molecule has 2 aliphatic carbocycles. The highest BCUT2D eigenvalue weighted by Crippen LogP contribution is 2.36. The third kappa shape index (κ3) is 2.69. The Bertz CT molecular complexity index is 288. The molecular weight excluding hydrogens is 228 g/mol. The summed E-state index contributed by atoms with van der Waals surface area (Å²) in [5, 5.41) is 12.5. The minimum Gasteiger partial charge on any atom is -0.396 e. The number of amides is 1. The lowest BCUT2D eigenvalue weighted by Crippen LogP contribution is -2.51. The van der Waals surface area contributed by atoms with Crippen LogP contribution >= 0.6 is 0 Å². The monoisotopic (exact) mass is 254 g/mol. The minimum atomic E-state index is -0.332. The van der Waals surface area contributed by atoms with E-state index < -0.39 is 0 Å². The normalized spacial score (nSPS) is 31.2. The Balaban J connectivity index is 1.97. The summed E-state index contributed by atoms with van der Waals surface area (Å²) in [6.07, 6.45) is 8.41. The molecule has 0 spiro atoms. The lowest BCUT2D eigenvalue weighted by atomic mass is 9.73. The van der Waals surface area contributed by atoms with Crippen LogP contribution in [-0.2, 0) is 4.79 Å². The number of carbonyl (C=O) groups excluding carboxylic acids is 1. The number of carbonyl (C=O) groups is 1. The molecule has 4 heteroatoms. The molecule has 0 saturated heterocycles. The fourth-order valence-electron chi connectivity index (χ4n) is 3.52. The molecule has 2 saturated carbocycles. The lowest BCUT2D eigenvalue weighted by molar-refractivity contribution is -0.133. The molecule has 2 rings (SSSR count). The zero-order valence-electron chi connectivity index (χ0n) is 11.2. The van der Waals surface area contributed by atoms with Crippen molar-refractivity contribution in [2.75, 3.05) is 13.2 Å². The van der Waals surface area contributed by atoms with Crippen LogP contribution in [-0.4, -0.2) is 30.2 Å². The summed E-state index contributed by atoms with van der Waals surface area (Å²) >= 11 is 0. The molecule has 2 aliphatic rings. The second-order valence-electron chi connectivity index (χ2n) is 6.00. The molecule has 0 aromatic heterocycles. The largest absolute Gasteiger partial charge is 0.396 e. The van der Waals surface area contributed by atoms with Gasteiger partial charge in [-0.1, -0.05) is 25.7 Å². The Labute approximate surface area is 109 Å². The smallest absolute Gasteiger partial charge is 0.227 e. The maximum atomic E-state index is 12.5. The first kappa shape index (κ1) is 13.8. The molecule has 18 heavy (non-hydrogen) atoms. The van der Waals surface area contributed by atoms with Gasteiger partial charge < -0.3 is 16.2 Å².